The topological polar surface area (TPSA) is 163 Å². The fourth-order valence-corrected chi connectivity index (χ4v) is 1.71. The van der Waals surface area contributed by atoms with Gasteiger partial charge >= 0.3 is 59.1 Å². The van der Waals surface area contributed by atoms with Crippen LogP contribution in [-0.2, 0) is 13.8 Å². The average Bonchev–Trinajstić information content (AvgIpc) is 2.17. The number of hydrogen-bond acceptors (Lipinski definition) is 9. The fourth-order valence-electron chi connectivity index (χ4n) is 1.28. The minimum absolute atomic E-state index is 0. The molecule has 0 spiro atoms. The van der Waals surface area contributed by atoms with Crippen molar-refractivity contribution in [3.63, 3.8) is 0 Å². The molecule has 2 unspecified atom stereocenters. The maximum atomic E-state index is 10.3. The van der Waals surface area contributed by atoms with E-state index in [2.05, 4.69) is 9.26 Å². The normalized spacial score (nSPS) is 36.4. The monoisotopic (exact) mass is 304 g/mol. The van der Waals surface area contributed by atoms with Gasteiger partial charge in [-0.2, -0.15) is 0 Å². The zero-order valence-corrected chi connectivity index (χ0v) is 14.8. The van der Waals surface area contributed by atoms with Crippen molar-refractivity contribution >= 4 is 7.82 Å². The summed E-state index contributed by atoms with van der Waals surface area (Å²) in [4.78, 5) is 20.6. The van der Waals surface area contributed by atoms with Crippen LogP contribution in [0, 0.1) is 0 Å². The zero-order valence-electron chi connectivity index (χ0n) is 9.87. The van der Waals surface area contributed by atoms with Crippen LogP contribution in [0.3, 0.4) is 0 Å². The number of hydrogen-bond donors (Lipinski definition) is 4. The first-order chi connectivity index (χ1) is 7.26. The largest absolute Gasteiger partial charge is 1.00 e. The molecule has 4 N–H and O–H groups in total. The summed E-state index contributed by atoms with van der Waals surface area (Å²) in [6, 6.07) is 0. The molecule has 0 saturated carbocycles. The molecule has 0 amide bonds. The first kappa shape index (κ1) is 22.2. The van der Waals surface area contributed by atoms with Crippen LogP contribution in [0.5, 0.6) is 0 Å². The SMILES string of the molecule is O=P([O-])([O-])O[C@H]1OC(CO)[C@@H](O)[C@@H](O)C1O.[Na+].[Na+]. The first-order valence-electron chi connectivity index (χ1n) is 4.27. The average molecular weight is 304 g/mol. The Labute approximate surface area is 147 Å². The Morgan fingerprint density at radius 3 is 2.00 bits per heavy atom. The minimum atomic E-state index is -5.41. The Morgan fingerprint density at radius 1 is 1.11 bits per heavy atom. The van der Waals surface area contributed by atoms with Crippen molar-refractivity contribution in [3.8, 4) is 0 Å². The molecule has 1 aliphatic rings. The summed E-state index contributed by atoms with van der Waals surface area (Å²) in [5, 5.41) is 36.5. The van der Waals surface area contributed by atoms with Crippen molar-refractivity contribution < 1.29 is 103 Å². The van der Waals surface area contributed by atoms with Crippen molar-refractivity contribution in [1.29, 1.82) is 0 Å². The van der Waals surface area contributed by atoms with Gasteiger partial charge in [-0.3, -0.25) is 0 Å². The van der Waals surface area contributed by atoms with Crippen molar-refractivity contribution in [3.05, 3.63) is 0 Å². The van der Waals surface area contributed by atoms with Crippen LogP contribution in [0.2, 0.25) is 0 Å². The number of phosphoric acid groups is 1. The van der Waals surface area contributed by atoms with E-state index in [1.54, 1.807) is 0 Å². The van der Waals surface area contributed by atoms with Crippen LogP contribution >= 0.6 is 7.82 Å². The summed E-state index contributed by atoms with van der Waals surface area (Å²) >= 11 is 0. The Morgan fingerprint density at radius 2 is 1.61 bits per heavy atom. The Bertz CT molecular complexity index is 284. The molecule has 96 valence electrons. The van der Waals surface area contributed by atoms with E-state index in [0.717, 1.165) is 0 Å². The molecule has 1 aliphatic heterocycles. The van der Waals surface area contributed by atoms with Gasteiger partial charge in [-0.15, -0.1) is 0 Å². The van der Waals surface area contributed by atoms with Gasteiger partial charge in [-0.1, -0.05) is 0 Å². The predicted octanol–water partition coefficient (Wildman–Crippen LogP) is -10.4. The van der Waals surface area contributed by atoms with Gasteiger partial charge in [-0.05, 0) is 0 Å². The summed E-state index contributed by atoms with van der Waals surface area (Å²) < 4.78 is 18.7. The molecule has 0 aromatic heterocycles. The number of aliphatic hydroxyl groups is 4. The number of ether oxygens (including phenoxy) is 1. The number of rotatable bonds is 3. The standard InChI is InChI=1S/C6H13O9P.2Na/c7-1-2-3(8)4(9)5(10)6(14-2)15-16(11,12)13;;/h2-10H,1H2,(H2,11,12,13);;/q;2*+1/p-2/t2?,3-,4-,5?,6-;;/m1../s1. The van der Waals surface area contributed by atoms with Gasteiger partial charge in [0.05, 0.1) is 14.4 Å². The van der Waals surface area contributed by atoms with Gasteiger partial charge < -0.3 is 44.0 Å². The molecule has 12 heteroatoms. The molecule has 1 rings (SSSR count). The van der Waals surface area contributed by atoms with Crippen molar-refractivity contribution in [2.24, 2.45) is 0 Å². The second-order valence-corrected chi connectivity index (χ2v) is 4.36. The molecular formula is C6H11Na2O9P. The smallest absolute Gasteiger partial charge is 0.790 e. The third-order valence-electron chi connectivity index (χ3n) is 2.08. The van der Waals surface area contributed by atoms with Crippen LogP contribution < -0.4 is 68.9 Å². The maximum Gasteiger partial charge on any atom is 1.00 e. The molecule has 0 aromatic carbocycles. The molecular weight excluding hydrogens is 293 g/mol. The van der Waals surface area contributed by atoms with Gasteiger partial charge in [0.25, 0.3) is 0 Å². The summed E-state index contributed by atoms with van der Waals surface area (Å²) in [5.74, 6) is 0. The molecule has 1 heterocycles. The summed E-state index contributed by atoms with van der Waals surface area (Å²) in [6.07, 6.45) is -8.61. The third-order valence-corrected chi connectivity index (χ3v) is 2.55. The quantitative estimate of drug-likeness (QED) is 0.293. The van der Waals surface area contributed by atoms with E-state index in [-0.39, 0.29) is 59.1 Å². The molecule has 18 heavy (non-hydrogen) atoms. The van der Waals surface area contributed by atoms with Gasteiger partial charge in [0, 0.05) is 0 Å². The van der Waals surface area contributed by atoms with Crippen LogP contribution in [0.4, 0.5) is 0 Å². The van der Waals surface area contributed by atoms with Crippen LogP contribution in [0.15, 0.2) is 0 Å². The molecule has 0 aliphatic carbocycles. The van der Waals surface area contributed by atoms with E-state index in [1.807, 2.05) is 0 Å². The van der Waals surface area contributed by atoms with E-state index in [0.29, 0.717) is 0 Å². The van der Waals surface area contributed by atoms with Crippen LogP contribution in [0.25, 0.3) is 0 Å². The van der Waals surface area contributed by atoms with Crippen molar-refractivity contribution in [2.45, 2.75) is 30.7 Å². The maximum absolute atomic E-state index is 10.3. The minimum Gasteiger partial charge on any atom is -0.790 e. The third kappa shape index (κ3) is 6.13. The van der Waals surface area contributed by atoms with Crippen molar-refractivity contribution in [1.82, 2.24) is 0 Å². The molecule has 9 nitrogen and oxygen atoms in total. The first-order valence-corrected chi connectivity index (χ1v) is 5.73. The van der Waals surface area contributed by atoms with E-state index in [4.69, 9.17) is 5.11 Å². The summed E-state index contributed by atoms with van der Waals surface area (Å²) in [5.41, 5.74) is 0. The van der Waals surface area contributed by atoms with E-state index in [1.165, 1.54) is 0 Å². The van der Waals surface area contributed by atoms with E-state index < -0.39 is 45.1 Å². The Hall–Kier alpha value is 1.91. The van der Waals surface area contributed by atoms with Gasteiger partial charge in [0.15, 0.2) is 6.29 Å². The van der Waals surface area contributed by atoms with Gasteiger partial charge in [-0.25, -0.2) is 0 Å². The molecule has 0 radical (unpaired) electrons. The Balaban J connectivity index is 0. The Kier molecular flexibility index (Phi) is 11.1. The second kappa shape index (κ2) is 9.04. The predicted molar refractivity (Wildman–Crippen MR) is 42.5 cm³/mol. The number of aliphatic hydroxyl groups excluding tert-OH is 4. The van der Waals surface area contributed by atoms with Crippen molar-refractivity contribution in [2.75, 3.05) is 6.61 Å². The molecule has 0 aromatic rings. The molecule has 0 bridgehead atoms. The van der Waals surface area contributed by atoms with E-state index in [9.17, 15) is 29.7 Å². The number of phosphoric ester groups is 1. The second-order valence-electron chi connectivity index (χ2n) is 3.25. The molecule has 5 atom stereocenters. The zero-order chi connectivity index (χ0) is 12.5. The van der Waals surface area contributed by atoms with Crippen LogP contribution in [-0.4, -0.2) is 57.7 Å². The van der Waals surface area contributed by atoms with Gasteiger partial charge in [0.1, 0.15) is 24.4 Å². The molecule has 1 fully saturated rings. The van der Waals surface area contributed by atoms with E-state index >= 15 is 0 Å². The van der Waals surface area contributed by atoms with Crippen LogP contribution in [0.1, 0.15) is 0 Å². The molecule has 1 saturated heterocycles. The summed E-state index contributed by atoms with van der Waals surface area (Å²) in [6.45, 7) is -0.743. The fraction of sp³-hybridized carbons (Fsp3) is 1.00. The van der Waals surface area contributed by atoms with Gasteiger partial charge in [0.2, 0.25) is 0 Å². The summed E-state index contributed by atoms with van der Waals surface area (Å²) in [7, 11) is -5.41.